The van der Waals surface area contributed by atoms with Crippen molar-refractivity contribution < 1.29 is 4.79 Å². The van der Waals surface area contributed by atoms with Gasteiger partial charge in [-0.25, -0.2) is 0 Å². The first-order valence-electron chi connectivity index (χ1n) is 8.54. The smallest absolute Gasteiger partial charge is 0.219 e. The van der Waals surface area contributed by atoms with E-state index in [2.05, 4.69) is 54.3 Å². The predicted molar refractivity (Wildman–Crippen MR) is 99.0 cm³/mol. The lowest BCUT2D eigenvalue weighted by Crippen LogP contribution is -2.43. The molecule has 4 heteroatoms. The van der Waals surface area contributed by atoms with Gasteiger partial charge >= 0.3 is 0 Å². The standard InChI is InChI=1S/C20H22N2OS/c1-4-14-12-17(21(3)13(2)23)15-8-7-11-19-20(15)22(14)16-9-5-6-10-18(16)24-19/h5-11,14,17H,4,12H2,1-3H3/t14-,17-/m1/s1. The molecular formula is C20H22N2OS. The van der Waals surface area contributed by atoms with Crippen molar-refractivity contribution in [1.29, 1.82) is 0 Å². The Balaban J connectivity index is 1.92. The molecule has 0 spiro atoms. The van der Waals surface area contributed by atoms with Gasteiger partial charge in [0.15, 0.2) is 0 Å². The number of rotatable bonds is 2. The molecule has 0 bridgehead atoms. The fraction of sp³-hybridized carbons (Fsp3) is 0.350. The van der Waals surface area contributed by atoms with Crippen LogP contribution in [0.25, 0.3) is 0 Å². The highest BCUT2D eigenvalue weighted by Gasteiger charge is 2.39. The number of hydrogen-bond donors (Lipinski definition) is 0. The molecule has 0 aromatic heterocycles. The average Bonchev–Trinajstić information content (AvgIpc) is 2.61. The first-order valence-corrected chi connectivity index (χ1v) is 9.36. The topological polar surface area (TPSA) is 23.6 Å². The van der Waals surface area contributed by atoms with Crippen molar-refractivity contribution in [3.63, 3.8) is 0 Å². The van der Waals surface area contributed by atoms with Gasteiger partial charge in [-0.3, -0.25) is 4.79 Å². The van der Waals surface area contributed by atoms with Gasteiger partial charge in [0.2, 0.25) is 5.91 Å². The Labute approximate surface area is 147 Å². The zero-order valence-corrected chi connectivity index (χ0v) is 15.1. The molecule has 0 saturated heterocycles. The number of amides is 1. The molecule has 2 aromatic carbocycles. The van der Waals surface area contributed by atoms with Crippen molar-refractivity contribution in [3.05, 3.63) is 48.0 Å². The number of nitrogens with zero attached hydrogens (tertiary/aromatic N) is 2. The van der Waals surface area contributed by atoms with Crippen molar-refractivity contribution in [2.45, 2.75) is 48.6 Å². The molecule has 4 rings (SSSR count). The van der Waals surface area contributed by atoms with Gasteiger partial charge < -0.3 is 9.80 Å². The molecule has 2 heterocycles. The van der Waals surface area contributed by atoms with E-state index in [1.165, 1.54) is 26.7 Å². The first-order chi connectivity index (χ1) is 11.6. The maximum atomic E-state index is 12.0. The lowest BCUT2D eigenvalue weighted by atomic mass is 9.88. The molecule has 0 fully saturated rings. The molecule has 124 valence electrons. The third kappa shape index (κ3) is 2.24. The van der Waals surface area contributed by atoms with Crippen molar-refractivity contribution in [3.8, 4) is 0 Å². The van der Waals surface area contributed by atoms with Gasteiger partial charge in [-0.2, -0.15) is 0 Å². The maximum absolute atomic E-state index is 12.0. The summed E-state index contributed by atoms with van der Waals surface area (Å²) < 4.78 is 0. The lowest BCUT2D eigenvalue weighted by molar-refractivity contribution is -0.130. The number of carbonyl (C=O) groups excluding carboxylic acids is 1. The monoisotopic (exact) mass is 338 g/mol. The van der Waals surface area contributed by atoms with Crippen LogP contribution in [0.3, 0.4) is 0 Å². The Hall–Kier alpha value is -1.94. The minimum Gasteiger partial charge on any atom is -0.339 e. The molecule has 24 heavy (non-hydrogen) atoms. The van der Waals surface area contributed by atoms with Crippen LogP contribution in [0, 0.1) is 0 Å². The third-order valence-corrected chi connectivity index (χ3v) is 6.39. The second kappa shape index (κ2) is 5.85. The molecule has 2 aromatic rings. The van der Waals surface area contributed by atoms with E-state index in [9.17, 15) is 4.79 Å². The van der Waals surface area contributed by atoms with Crippen LogP contribution in [0.15, 0.2) is 52.3 Å². The van der Waals surface area contributed by atoms with Crippen molar-refractivity contribution >= 4 is 29.0 Å². The zero-order chi connectivity index (χ0) is 16.8. The Kier molecular flexibility index (Phi) is 3.80. The van der Waals surface area contributed by atoms with E-state index >= 15 is 0 Å². The predicted octanol–water partition coefficient (Wildman–Crippen LogP) is 4.99. The summed E-state index contributed by atoms with van der Waals surface area (Å²) in [6, 6.07) is 15.7. The molecule has 0 unspecified atom stereocenters. The molecule has 2 atom stereocenters. The third-order valence-electron chi connectivity index (χ3n) is 5.27. The Morgan fingerprint density at radius 1 is 1.21 bits per heavy atom. The van der Waals surface area contributed by atoms with Crippen molar-refractivity contribution in [2.24, 2.45) is 0 Å². The molecular weight excluding hydrogens is 316 g/mol. The van der Waals surface area contributed by atoms with Gasteiger partial charge in [0.1, 0.15) is 0 Å². The minimum atomic E-state index is 0.129. The van der Waals surface area contributed by atoms with E-state index in [4.69, 9.17) is 0 Å². The molecule has 2 aliphatic heterocycles. The van der Waals surface area contributed by atoms with E-state index in [1.54, 1.807) is 6.92 Å². The fourth-order valence-electron chi connectivity index (χ4n) is 3.93. The van der Waals surface area contributed by atoms with Crippen LogP contribution in [0.1, 0.15) is 38.3 Å². The number of para-hydroxylation sites is 2. The largest absolute Gasteiger partial charge is 0.339 e. The summed E-state index contributed by atoms with van der Waals surface area (Å²) in [4.78, 5) is 19.0. The quantitative estimate of drug-likeness (QED) is 0.770. The Bertz CT molecular complexity index is 804. The van der Waals surface area contributed by atoms with Crippen LogP contribution >= 0.6 is 11.8 Å². The number of anilines is 2. The molecule has 0 saturated carbocycles. The summed E-state index contributed by atoms with van der Waals surface area (Å²) in [6.45, 7) is 3.90. The van der Waals surface area contributed by atoms with Crippen LogP contribution in [-0.4, -0.2) is 23.9 Å². The van der Waals surface area contributed by atoms with E-state index in [1.807, 2.05) is 23.7 Å². The minimum absolute atomic E-state index is 0.129. The van der Waals surface area contributed by atoms with Crippen LogP contribution in [0.5, 0.6) is 0 Å². The first kappa shape index (κ1) is 15.6. The number of benzene rings is 2. The van der Waals surface area contributed by atoms with Crippen LogP contribution in [-0.2, 0) is 4.79 Å². The average molecular weight is 338 g/mol. The Morgan fingerprint density at radius 2 is 1.96 bits per heavy atom. The summed E-state index contributed by atoms with van der Waals surface area (Å²) in [7, 11) is 1.93. The van der Waals surface area contributed by atoms with Gasteiger partial charge in [-0.1, -0.05) is 43.0 Å². The van der Waals surface area contributed by atoms with Gasteiger partial charge in [0, 0.05) is 29.8 Å². The molecule has 0 radical (unpaired) electrons. The second-order valence-corrected chi connectivity index (χ2v) is 7.66. The molecule has 2 aliphatic rings. The highest BCUT2D eigenvalue weighted by atomic mass is 32.2. The highest BCUT2D eigenvalue weighted by Crippen LogP contribution is 2.55. The van der Waals surface area contributed by atoms with Crippen molar-refractivity contribution in [1.82, 2.24) is 4.90 Å². The van der Waals surface area contributed by atoms with Gasteiger partial charge in [0.25, 0.3) is 0 Å². The lowest BCUT2D eigenvalue weighted by Gasteiger charge is -2.47. The number of hydrogen-bond acceptors (Lipinski definition) is 3. The number of fused-ring (bicyclic) bond motifs is 2. The zero-order valence-electron chi connectivity index (χ0n) is 14.3. The van der Waals surface area contributed by atoms with Gasteiger partial charge in [-0.15, -0.1) is 0 Å². The van der Waals surface area contributed by atoms with Crippen LogP contribution < -0.4 is 4.90 Å². The molecule has 3 nitrogen and oxygen atoms in total. The SMILES string of the molecule is CC[C@@H]1C[C@@H](N(C)C(C)=O)c2cccc3c2N1c1ccccc1S3. The van der Waals surface area contributed by atoms with E-state index in [0.717, 1.165) is 12.8 Å². The second-order valence-electron chi connectivity index (χ2n) is 6.58. The maximum Gasteiger partial charge on any atom is 0.219 e. The Morgan fingerprint density at radius 3 is 2.71 bits per heavy atom. The number of carbonyl (C=O) groups is 1. The molecule has 0 N–H and O–H groups in total. The van der Waals surface area contributed by atoms with Crippen molar-refractivity contribution in [2.75, 3.05) is 11.9 Å². The fourth-order valence-corrected chi connectivity index (χ4v) is 5.05. The summed E-state index contributed by atoms with van der Waals surface area (Å²) in [5.41, 5.74) is 3.88. The van der Waals surface area contributed by atoms with E-state index < -0.39 is 0 Å². The van der Waals surface area contributed by atoms with Gasteiger partial charge in [-0.05, 0) is 36.6 Å². The molecule has 0 aliphatic carbocycles. The summed E-state index contributed by atoms with van der Waals surface area (Å²) in [6.07, 6.45) is 2.04. The normalized spacial score (nSPS) is 21.0. The summed E-state index contributed by atoms with van der Waals surface area (Å²) in [5.74, 6) is 0.129. The van der Waals surface area contributed by atoms with Crippen LogP contribution in [0.4, 0.5) is 11.4 Å². The molecule has 1 amide bonds. The van der Waals surface area contributed by atoms with E-state index in [-0.39, 0.29) is 11.9 Å². The summed E-state index contributed by atoms with van der Waals surface area (Å²) >= 11 is 1.84. The van der Waals surface area contributed by atoms with E-state index in [0.29, 0.717) is 6.04 Å². The highest BCUT2D eigenvalue weighted by molar-refractivity contribution is 7.99. The van der Waals surface area contributed by atoms with Gasteiger partial charge in [0.05, 0.1) is 17.4 Å². The van der Waals surface area contributed by atoms with Crippen LogP contribution in [0.2, 0.25) is 0 Å². The summed E-state index contributed by atoms with van der Waals surface area (Å²) in [5, 5.41) is 0.